The number of pyridine rings is 1. The number of rotatable bonds is 0. The summed E-state index contributed by atoms with van der Waals surface area (Å²) in [5, 5.41) is 5.10. The van der Waals surface area contributed by atoms with E-state index in [1.54, 1.807) is 13.0 Å². The highest BCUT2D eigenvalue weighted by Gasteiger charge is 2.10. The molecule has 0 atom stereocenters. The first-order valence-corrected chi connectivity index (χ1v) is 4.02. The standard InChI is InChI=1S/C7H4Cl2N2O/c1-3-6-4(12-11-3)2-5(8)10-7(6)9/h2H,1H3. The van der Waals surface area contributed by atoms with Gasteiger partial charge in [-0.2, -0.15) is 0 Å². The van der Waals surface area contributed by atoms with Crippen LogP contribution in [0.3, 0.4) is 0 Å². The minimum absolute atomic E-state index is 0.309. The van der Waals surface area contributed by atoms with Crippen LogP contribution in [-0.4, -0.2) is 10.1 Å². The second kappa shape index (κ2) is 2.61. The summed E-state index contributed by atoms with van der Waals surface area (Å²) in [6.45, 7) is 1.80. The van der Waals surface area contributed by atoms with Gasteiger partial charge in [0.25, 0.3) is 0 Å². The summed E-state index contributed by atoms with van der Waals surface area (Å²) < 4.78 is 4.95. The predicted octanol–water partition coefficient (Wildman–Crippen LogP) is 2.84. The number of fused-ring (bicyclic) bond motifs is 1. The van der Waals surface area contributed by atoms with Gasteiger partial charge in [0.15, 0.2) is 5.58 Å². The topological polar surface area (TPSA) is 38.9 Å². The van der Waals surface area contributed by atoms with Crippen molar-refractivity contribution in [3.63, 3.8) is 0 Å². The molecular formula is C7H4Cl2N2O. The van der Waals surface area contributed by atoms with E-state index in [2.05, 4.69) is 10.1 Å². The Labute approximate surface area is 78.3 Å². The van der Waals surface area contributed by atoms with Crippen molar-refractivity contribution in [2.45, 2.75) is 6.92 Å². The molecule has 0 bridgehead atoms. The molecule has 0 N–H and O–H groups in total. The summed E-state index contributed by atoms with van der Waals surface area (Å²) in [6.07, 6.45) is 0. The summed E-state index contributed by atoms with van der Waals surface area (Å²) in [7, 11) is 0. The first-order chi connectivity index (χ1) is 5.68. The van der Waals surface area contributed by atoms with Crippen LogP contribution in [0, 0.1) is 6.92 Å². The van der Waals surface area contributed by atoms with Gasteiger partial charge in [-0.1, -0.05) is 28.4 Å². The van der Waals surface area contributed by atoms with Crippen molar-refractivity contribution in [3.05, 3.63) is 22.1 Å². The monoisotopic (exact) mass is 202 g/mol. The van der Waals surface area contributed by atoms with E-state index >= 15 is 0 Å². The number of nitrogens with zero attached hydrogens (tertiary/aromatic N) is 2. The molecular weight excluding hydrogens is 199 g/mol. The molecule has 2 rings (SSSR count). The molecule has 3 nitrogen and oxygen atoms in total. The van der Waals surface area contributed by atoms with Crippen LogP contribution in [0.5, 0.6) is 0 Å². The zero-order chi connectivity index (χ0) is 8.72. The Balaban J connectivity index is 2.93. The minimum Gasteiger partial charge on any atom is -0.356 e. The molecule has 0 spiro atoms. The van der Waals surface area contributed by atoms with E-state index in [1.165, 1.54) is 0 Å². The molecule has 5 heteroatoms. The highest BCUT2D eigenvalue weighted by molar-refractivity contribution is 6.36. The molecule has 2 aromatic heterocycles. The van der Waals surface area contributed by atoms with Crippen LogP contribution in [0.4, 0.5) is 0 Å². The lowest BCUT2D eigenvalue weighted by Gasteiger charge is -1.92. The number of halogens is 2. The fourth-order valence-corrected chi connectivity index (χ4v) is 1.57. The molecule has 2 heterocycles. The van der Waals surface area contributed by atoms with Crippen LogP contribution in [0.15, 0.2) is 10.6 Å². The molecule has 0 fully saturated rings. The van der Waals surface area contributed by atoms with Gasteiger partial charge < -0.3 is 4.52 Å². The quantitative estimate of drug-likeness (QED) is 0.618. The Hall–Kier alpha value is -0.800. The van der Waals surface area contributed by atoms with Crippen molar-refractivity contribution in [3.8, 4) is 0 Å². The van der Waals surface area contributed by atoms with Gasteiger partial charge in [-0.3, -0.25) is 0 Å². The van der Waals surface area contributed by atoms with Crippen LogP contribution in [0.25, 0.3) is 11.0 Å². The molecule has 0 aliphatic rings. The zero-order valence-corrected chi connectivity index (χ0v) is 7.65. The van der Waals surface area contributed by atoms with Crippen LogP contribution in [-0.2, 0) is 0 Å². The Bertz CT molecular complexity index is 438. The molecule has 0 aliphatic heterocycles. The summed E-state index contributed by atoms with van der Waals surface area (Å²) in [5.41, 5.74) is 1.29. The maximum Gasteiger partial charge on any atom is 0.173 e. The van der Waals surface area contributed by atoms with Crippen LogP contribution >= 0.6 is 23.2 Å². The van der Waals surface area contributed by atoms with Crippen molar-refractivity contribution < 1.29 is 4.52 Å². The smallest absolute Gasteiger partial charge is 0.173 e. The highest BCUT2D eigenvalue weighted by atomic mass is 35.5. The zero-order valence-electron chi connectivity index (χ0n) is 6.14. The molecule has 0 saturated heterocycles. The molecule has 12 heavy (non-hydrogen) atoms. The van der Waals surface area contributed by atoms with E-state index in [0.717, 1.165) is 11.1 Å². The van der Waals surface area contributed by atoms with Crippen molar-refractivity contribution in [2.24, 2.45) is 0 Å². The number of aryl methyl sites for hydroxylation is 1. The average molecular weight is 203 g/mol. The predicted molar refractivity (Wildman–Crippen MR) is 46.6 cm³/mol. The summed E-state index contributed by atoms with van der Waals surface area (Å²) in [6, 6.07) is 1.59. The van der Waals surface area contributed by atoms with Gasteiger partial charge in [0, 0.05) is 6.07 Å². The SMILES string of the molecule is Cc1noc2cc(Cl)nc(Cl)c12. The Morgan fingerprint density at radius 1 is 1.42 bits per heavy atom. The van der Waals surface area contributed by atoms with E-state index < -0.39 is 0 Å². The van der Waals surface area contributed by atoms with Gasteiger partial charge in [0.1, 0.15) is 10.3 Å². The third kappa shape index (κ3) is 1.06. The maximum absolute atomic E-state index is 5.81. The highest BCUT2D eigenvalue weighted by Crippen LogP contribution is 2.26. The molecule has 0 aromatic carbocycles. The molecule has 0 aliphatic carbocycles. The molecule has 0 unspecified atom stereocenters. The van der Waals surface area contributed by atoms with Crippen molar-refractivity contribution in [2.75, 3.05) is 0 Å². The second-order valence-electron chi connectivity index (χ2n) is 2.38. The van der Waals surface area contributed by atoms with Gasteiger partial charge in [0.2, 0.25) is 0 Å². The summed E-state index contributed by atoms with van der Waals surface area (Å²) >= 11 is 11.5. The van der Waals surface area contributed by atoms with Crippen molar-refractivity contribution >= 4 is 34.2 Å². The van der Waals surface area contributed by atoms with E-state index in [9.17, 15) is 0 Å². The average Bonchev–Trinajstić information content (AvgIpc) is 2.31. The first-order valence-electron chi connectivity index (χ1n) is 3.26. The number of hydrogen-bond donors (Lipinski definition) is 0. The van der Waals surface area contributed by atoms with Gasteiger partial charge in [-0.15, -0.1) is 0 Å². The fraction of sp³-hybridized carbons (Fsp3) is 0.143. The van der Waals surface area contributed by atoms with Crippen LogP contribution in [0.2, 0.25) is 10.3 Å². The van der Waals surface area contributed by atoms with Crippen LogP contribution < -0.4 is 0 Å². The first kappa shape index (κ1) is 7.83. The molecule has 2 aromatic rings. The summed E-state index contributed by atoms with van der Waals surface area (Å²) in [5.74, 6) is 0. The minimum atomic E-state index is 0.309. The van der Waals surface area contributed by atoms with E-state index in [-0.39, 0.29) is 0 Å². The fourth-order valence-electron chi connectivity index (χ4n) is 1.03. The van der Waals surface area contributed by atoms with E-state index in [0.29, 0.717) is 15.9 Å². The van der Waals surface area contributed by atoms with Crippen molar-refractivity contribution in [1.29, 1.82) is 0 Å². The molecule has 0 amide bonds. The van der Waals surface area contributed by atoms with Gasteiger partial charge in [-0.05, 0) is 6.92 Å². The van der Waals surface area contributed by atoms with Gasteiger partial charge >= 0.3 is 0 Å². The maximum atomic E-state index is 5.81. The van der Waals surface area contributed by atoms with Crippen molar-refractivity contribution in [1.82, 2.24) is 10.1 Å². The molecule has 0 radical (unpaired) electrons. The summed E-state index contributed by atoms with van der Waals surface area (Å²) in [4.78, 5) is 3.87. The largest absolute Gasteiger partial charge is 0.356 e. The lowest BCUT2D eigenvalue weighted by Crippen LogP contribution is -1.78. The molecule has 0 saturated carbocycles. The lowest BCUT2D eigenvalue weighted by molar-refractivity contribution is 0.450. The van der Waals surface area contributed by atoms with E-state index in [1.807, 2.05) is 0 Å². The van der Waals surface area contributed by atoms with Gasteiger partial charge in [0.05, 0.1) is 11.1 Å². The third-order valence-corrected chi connectivity index (χ3v) is 2.02. The number of aromatic nitrogens is 2. The normalized spacial score (nSPS) is 10.9. The lowest BCUT2D eigenvalue weighted by atomic mass is 10.3. The second-order valence-corrected chi connectivity index (χ2v) is 3.12. The Morgan fingerprint density at radius 3 is 2.92 bits per heavy atom. The third-order valence-electron chi connectivity index (χ3n) is 1.55. The Kier molecular flexibility index (Phi) is 1.70. The van der Waals surface area contributed by atoms with Gasteiger partial charge in [-0.25, -0.2) is 4.98 Å². The number of hydrogen-bond acceptors (Lipinski definition) is 3. The van der Waals surface area contributed by atoms with Crippen LogP contribution in [0.1, 0.15) is 5.69 Å². The molecule has 62 valence electrons. The Morgan fingerprint density at radius 2 is 2.17 bits per heavy atom. The van der Waals surface area contributed by atoms with E-state index in [4.69, 9.17) is 27.7 Å².